The van der Waals surface area contributed by atoms with Gasteiger partial charge in [-0.2, -0.15) is 5.26 Å². The molecule has 0 radical (unpaired) electrons. The smallest absolute Gasteiger partial charge is 0.346 e. The Morgan fingerprint density at radius 2 is 1.72 bits per heavy atom. The predicted octanol–water partition coefficient (Wildman–Crippen LogP) is 7.93. The van der Waals surface area contributed by atoms with E-state index in [1.54, 1.807) is 17.4 Å². The van der Waals surface area contributed by atoms with E-state index < -0.39 is 5.97 Å². The van der Waals surface area contributed by atoms with Gasteiger partial charge in [0.05, 0.1) is 12.2 Å². The SMILES string of the molecule is CCOC1CCN2c3c1cc(-c1ccc(-c4ccc(/C=C(\C#N)C(=O)O)s4)s1)cc3C(OCC)CC2C(C)C. The van der Waals surface area contributed by atoms with Crippen LogP contribution >= 0.6 is 22.7 Å². The van der Waals surface area contributed by atoms with Gasteiger partial charge in [-0.15, -0.1) is 22.7 Å². The van der Waals surface area contributed by atoms with E-state index in [9.17, 15) is 9.90 Å². The zero-order chi connectivity index (χ0) is 27.7. The van der Waals surface area contributed by atoms with Gasteiger partial charge in [-0.3, -0.25) is 0 Å². The Bertz CT molecular complexity index is 1410. The van der Waals surface area contributed by atoms with Crippen LogP contribution in [0.2, 0.25) is 0 Å². The number of rotatable bonds is 9. The van der Waals surface area contributed by atoms with E-state index in [1.807, 2.05) is 12.1 Å². The molecule has 0 amide bonds. The van der Waals surface area contributed by atoms with Gasteiger partial charge >= 0.3 is 5.97 Å². The monoisotopic (exact) mass is 562 g/mol. The number of hydrogen-bond donors (Lipinski definition) is 1. The normalized spacial score (nSPS) is 20.7. The summed E-state index contributed by atoms with van der Waals surface area (Å²) in [6.07, 6.45) is 3.53. The van der Waals surface area contributed by atoms with Crippen molar-refractivity contribution in [3.8, 4) is 26.3 Å². The molecule has 3 aromatic rings. The van der Waals surface area contributed by atoms with E-state index in [0.29, 0.717) is 25.2 Å². The fourth-order valence-electron chi connectivity index (χ4n) is 5.81. The molecule has 1 N–H and O–H groups in total. The number of thiophene rings is 2. The summed E-state index contributed by atoms with van der Waals surface area (Å²) < 4.78 is 12.6. The molecule has 0 saturated heterocycles. The Hall–Kier alpha value is -2.96. The molecule has 2 aromatic heterocycles. The molecule has 5 rings (SSSR count). The molecule has 2 aliphatic rings. The van der Waals surface area contributed by atoms with Gasteiger partial charge in [0.1, 0.15) is 11.6 Å². The van der Waals surface area contributed by atoms with Crippen LogP contribution < -0.4 is 4.90 Å². The topological polar surface area (TPSA) is 82.8 Å². The number of carbonyl (C=O) groups is 1. The Balaban J connectivity index is 1.55. The fraction of sp³-hybridized carbons (Fsp3) is 0.419. The maximum Gasteiger partial charge on any atom is 0.346 e. The van der Waals surface area contributed by atoms with Gasteiger partial charge < -0.3 is 19.5 Å². The second kappa shape index (κ2) is 11.6. The van der Waals surface area contributed by atoms with Gasteiger partial charge in [-0.1, -0.05) is 13.8 Å². The van der Waals surface area contributed by atoms with Crippen molar-refractivity contribution in [2.24, 2.45) is 5.92 Å². The number of ether oxygens (including phenoxy) is 2. The molecule has 0 aliphatic carbocycles. The summed E-state index contributed by atoms with van der Waals surface area (Å²) in [5, 5.41) is 18.3. The van der Waals surface area contributed by atoms with Crippen molar-refractivity contribution in [1.29, 1.82) is 5.26 Å². The van der Waals surface area contributed by atoms with E-state index in [-0.39, 0.29) is 17.8 Å². The number of carboxylic acid groups (broad SMARTS) is 1. The largest absolute Gasteiger partial charge is 0.477 e. The summed E-state index contributed by atoms with van der Waals surface area (Å²) in [5.74, 6) is -0.682. The van der Waals surface area contributed by atoms with Crippen LogP contribution in [0.15, 0.2) is 42.0 Å². The third kappa shape index (κ3) is 5.42. The van der Waals surface area contributed by atoms with Crippen LogP contribution in [-0.2, 0) is 14.3 Å². The highest BCUT2D eigenvalue weighted by Gasteiger charge is 2.40. The molecule has 1 aromatic carbocycles. The summed E-state index contributed by atoms with van der Waals surface area (Å²) in [6.45, 7) is 11.1. The Labute approximate surface area is 238 Å². The van der Waals surface area contributed by atoms with Gasteiger partial charge in [0.2, 0.25) is 0 Å². The molecule has 0 bridgehead atoms. The van der Waals surface area contributed by atoms with Gasteiger partial charge in [-0.25, -0.2) is 4.79 Å². The van der Waals surface area contributed by atoms with Crippen LogP contribution in [0.4, 0.5) is 5.69 Å². The number of nitrogens with zero attached hydrogens (tertiary/aromatic N) is 2. The van der Waals surface area contributed by atoms with Crippen molar-refractivity contribution in [2.75, 3.05) is 24.7 Å². The molecule has 6 nitrogen and oxygen atoms in total. The molecule has 4 heterocycles. The molecule has 2 aliphatic heterocycles. The van der Waals surface area contributed by atoms with E-state index in [4.69, 9.17) is 14.7 Å². The molecule has 0 fully saturated rings. The Kier molecular flexibility index (Phi) is 8.24. The molecule has 3 unspecified atom stereocenters. The molecule has 204 valence electrons. The van der Waals surface area contributed by atoms with Gasteiger partial charge in [0.15, 0.2) is 0 Å². The average molecular weight is 563 g/mol. The molecule has 39 heavy (non-hydrogen) atoms. The van der Waals surface area contributed by atoms with Crippen LogP contribution in [0.3, 0.4) is 0 Å². The van der Waals surface area contributed by atoms with E-state index in [1.165, 1.54) is 44.7 Å². The lowest BCUT2D eigenvalue weighted by atomic mass is 9.81. The van der Waals surface area contributed by atoms with E-state index >= 15 is 0 Å². The van der Waals surface area contributed by atoms with Gasteiger partial charge in [-0.05, 0) is 80.6 Å². The van der Waals surface area contributed by atoms with Crippen LogP contribution in [0.25, 0.3) is 26.3 Å². The third-order valence-electron chi connectivity index (χ3n) is 7.54. The lowest BCUT2D eigenvalue weighted by Gasteiger charge is -2.48. The molecule has 8 heteroatoms. The molecule has 0 spiro atoms. The summed E-state index contributed by atoms with van der Waals surface area (Å²) in [4.78, 5) is 17.9. The standard InChI is InChI=1S/C31H34N2O4S2/c1-5-36-25-11-12-33-24(18(3)4)16-26(37-6-2)23-15-19(14-22(25)30(23)33)27-9-10-29(39-27)28-8-7-21(38-28)13-20(17-32)31(34)35/h7-10,13-15,18,24-26H,5-6,11-12,16H2,1-4H3,(H,34,35)/b20-13+. The zero-order valence-electron chi connectivity index (χ0n) is 22.8. The number of hydrogen-bond acceptors (Lipinski definition) is 7. The maximum absolute atomic E-state index is 11.2. The van der Waals surface area contributed by atoms with Crippen LogP contribution in [0.5, 0.6) is 0 Å². The highest BCUT2D eigenvalue weighted by atomic mass is 32.1. The molecular weight excluding hydrogens is 528 g/mol. The number of anilines is 1. The summed E-state index contributed by atoms with van der Waals surface area (Å²) in [5.41, 5.74) is 4.75. The van der Waals surface area contributed by atoms with Crippen LogP contribution in [0, 0.1) is 17.2 Å². The second-order valence-electron chi connectivity index (χ2n) is 10.3. The number of aliphatic carboxylic acids is 1. The summed E-state index contributed by atoms with van der Waals surface area (Å²) in [6, 6.07) is 15.0. The predicted molar refractivity (Wildman–Crippen MR) is 158 cm³/mol. The summed E-state index contributed by atoms with van der Waals surface area (Å²) in [7, 11) is 0. The minimum atomic E-state index is -1.21. The van der Waals surface area contributed by atoms with E-state index in [2.05, 4.69) is 56.9 Å². The molecule has 3 atom stereocenters. The van der Waals surface area contributed by atoms with Gasteiger partial charge in [0, 0.05) is 62.1 Å². The Morgan fingerprint density at radius 1 is 1.08 bits per heavy atom. The number of benzene rings is 1. The third-order valence-corrected chi connectivity index (χ3v) is 9.90. The average Bonchev–Trinajstić information content (AvgIpc) is 3.59. The first-order chi connectivity index (χ1) is 18.8. The van der Waals surface area contributed by atoms with Crippen molar-refractivity contribution in [3.05, 3.63) is 58.0 Å². The zero-order valence-corrected chi connectivity index (χ0v) is 24.4. The van der Waals surface area contributed by atoms with Crippen LogP contribution in [0.1, 0.15) is 68.7 Å². The number of carboxylic acids is 1. The quantitative estimate of drug-likeness (QED) is 0.211. The van der Waals surface area contributed by atoms with E-state index in [0.717, 1.165) is 34.0 Å². The minimum absolute atomic E-state index is 0.0577. The Morgan fingerprint density at radius 3 is 2.38 bits per heavy atom. The lowest BCUT2D eigenvalue weighted by Crippen LogP contribution is -2.47. The summed E-state index contributed by atoms with van der Waals surface area (Å²) >= 11 is 3.21. The lowest BCUT2D eigenvalue weighted by molar-refractivity contribution is -0.132. The fourth-order valence-corrected chi connectivity index (χ4v) is 7.85. The molecular formula is C31H34N2O4S2. The molecule has 0 saturated carbocycles. The minimum Gasteiger partial charge on any atom is -0.477 e. The van der Waals surface area contributed by atoms with Crippen molar-refractivity contribution >= 4 is 40.4 Å². The highest BCUT2D eigenvalue weighted by Crippen LogP contribution is 2.51. The van der Waals surface area contributed by atoms with Crippen LogP contribution in [-0.4, -0.2) is 36.9 Å². The van der Waals surface area contributed by atoms with Crippen molar-refractivity contribution in [1.82, 2.24) is 0 Å². The highest BCUT2D eigenvalue weighted by molar-refractivity contribution is 7.24. The maximum atomic E-state index is 11.2. The number of nitriles is 1. The van der Waals surface area contributed by atoms with Crippen molar-refractivity contribution in [3.63, 3.8) is 0 Å². The first kappa shape index (κ1) is 27.6. The van der Waals surface area contributed by atoms with Crippen molar-refractivity contribution in [2.45, 2.75) is 58.8 Å². The van der Waals surface area contributed by atoms with Gasteiger partial charge in [0.25, 0.3) is 0 Å². The first-order valence-electron chi connectivity index (χ1n) is 13.6. The van der Waals surface area contributed by atoms with Crippen molar-refractivity contribution < 1.29 is 19.4 Å². The first-order valence-corrected chi connectivity index (χ1v) is 15.2. The second-order valence-corrected chi connectivity index (χ2v) is 12.5.